The molecule has 0 radical (unpaired) electrons. The molecule has 4 rings (SSSR count). The van der Waals surface area contributed by atoms with E-state index in [0.717, 1.165) is 17.8 Å². The molecular weight excluding hydrogens is 264 g/mol. The summed E-state index contributed by atoms with van der Waals surface area (Å²) in [5.74, 6) is 2.94. The monoisotopic (exact) mass is 298 g/mol. The Morgan fingerprint density at radius 3 is 2.41 bits per heavy atom. The highest BCUT2D eigenvalue weighted by molar-refractivity contribution is 5.33. The Labute approximate surface area is 137 Å². The van der Waals surface area contributed by atoms with Gasteiger partial charge in [-0.15, -0.1) is 0 Å². The van der Waals surface area contributed by atoms with Crippen LogP contribution in [0.2, 0.25) is 0 Å². The van der Waals surface area contributed by atoms with Crippen molar-refractivity contribution >= 4 is 0 Å². The number of fused-ring (bicyclic) bond motifs is 5. The van der Waals surface area contributed by atoms with Gasteiger partial charge in [0.2, 0.25) is 0 Å². The van der Waals surface area contributed by atoms with Gasteiger partial charge in [0, 0.05) is 0 Å². The number of allylic oxidation sites excluding steroid dienone is 3. The summed E-state index contributed by atoms with van der Waals surface area (Å²) >= 11 is 0. The van der Waals surface area contributed by atoms with Crippen LogP contribution in [0.5, 0.6) is 0 Å². The highest BCUT2D eigenvalue weighted by Crippen LogP contribution is 2.69. The fourth-order valence-electron chi connectivity index (χ4n) is 7.14. The van der Waals surface area contributed by atoms with Crippen LogP contribution in [0.25, 0.3) is 0 Å². The molecule has 5 unspecified atom stereocenters. The summed E-state index contributed by atoms with van der Waals surface area (Å²) < 4.78 is 0. The molecule has 0 bridgehead atoms. The Bertz CT molecular complexity index is 536. The van der Waals surface area contributed by atoms with Crippen molar-refractivity contribution in [1.29, 1.82) is 0 Å². The summed E-state index contributed by atoms with van der Waals surface area (Å²) in [5.41, 5.74) is 4.79. The maximum atomic E-state index is 4.25. The van der Waals surface area contributed by atoms with Gasteiger partial charge in [-0.1, -0.05) is 51.5 Å². The lowest BCUT2D eigenvalue weighted by molar-refractivity contribution is -0.0693. The molecule has 3 saturated carbocycles. The van der Waals surface area contributed by atoms with Gasteiger partial charge in [0.1, 0.15) is 0 Å². The fourth-order valence-corrected chi connectivity index (χ4v) is 7.14. The second-order valence-corrected chi connectivity index (χ2v) is 10.0. The van der Waals surface area contributed by atoms with E-state index in [2.05, 4.69) is 40.3 Å². The molecule has 0 aromatic rings. The lowest BCUT2D eigenvalue weighted by atomic mass is 9.45. The van der Waals surface area contributed by atoms with Crippen LogP contribution in [0.1, 0.15) is 79.1 Å². The van der Waals surface area contributed by atoms with Crippen molar-refractivity contribution < 1.29 is 0 Å². The van der Waals surface area contributed by atoms with Gasteiger partial charge in [0.25, 0.3) is 0 Å². The molecule has 0 saturated heterocycles. The highest BCUT2D eigenvalue weighted by Gasteiger charge is 2.60. The highest BCUT2D eigenvalue weighted by atomic mass is 14.7. The van der Waals surface area contributed by atoms with Gasteiger partial charge < -0.3 is 0 Å². The first-order valence-corrected chi connectivity index (χ1v) is 9.67. The lowest BCUT2D eigenvalue weighted by Crippen LogP contribution is -2.51. The molecule has 3 fully saturated rings. The Morgan fingerprint density at radius 2 is 1.64 bits per heavy atom. The van der Waals surface area contributed by atoms with E-state index in [-0.39, 0.29) is 0 Å². The van der Waals surface area contributed by atoms with Crippen LogP contribution in [-0.4, -0.2) is 0 Å². The van der Waals surface area contributed by atoms with Crippen LogP contribution >= 0.6 is 0 Å². The lowest BCUT2D eigenvalue weighted by Gasteiger charge is -2.59. The van der Waals surface area contributed by atoms with Crippen molar-refractivity contribution in [2.45, 2.75) is 79.1 Å². The second-order valence-electron chi connectivity index (χ2n) is 10.0. The van der Waals surface area contributed by atoms with Crippen molar-refractivity contribution in [2.24, 2.45) is 34.0 Å². The topological polar surface area (TPSA) is 0 Å². The van der Waals surface area contributed by atoms with E-state index in [1.807, 2.05) is 0 Å². The molecule has 0 nitrogen and oxygen atoms in total. The molecule has 22 heavy (non-hydrogen) atoms. The molecule has 0 spiro atoms. The quantitative estimate of drug-likeness (QED) is 0.477. The predicted molar refractivity (Wildman–Crippen MR) is 94.6 cm³/mol. The van der Waals surface area contributed by atoms with Gasteiger partial charge in [-0.05, 0) is 85.4 Å². The third kappa shape index (κ3) is 1.76. The van der Waals surface area contributed by atoms with Crippen molar-refractivity contribution in [3.63, 3.8) is 0 Å². The average molecular weight is 299 g/mol. The molecule has 0 heterocycles. The zero-order valence-electron chi connectivity index (χ0n) is 15.2. The van der Waals surface area contributed by atoms with Crippen molar-refractivity contribution in [2.75, 3.05) is 0 Å². The smallest absolute Gasteiger partial charge is 0.00790 e. The maximum Gasteiger partial charge on any atom is -0.00790 e. The van der Waals surface area contributed by atoms with Crippen LogP contribution in [0, 0.1) is 34.0 Å². The SMILES string of the molecule is C=C1C=C2CCC3C(CCC4(C)C3CCC4(C)C)C2(C)CC1. The molecule has 5 atom stereocenters. The van der Waals surface area contributed by atoms with Gasteiger partial charge >= 0.3 is 0 Å². The van der Waals surface area contributed by atoms with Crippen molar-refractivity contribution in [3.05, 3.63) is 23.8 Å². The van der Waals surface area contributed by atoms with E-state index in [4.69, 9.17) is 0 Å². The number of hydrogen-bond donors (Lipinski definition) is 0. The third-order valence-electron chi connectivity index (χ3n) is 9.10. The van der Waals surface area contributed by atoms with E-state index in [1.165, 1.54) is 56.9 Å². The first-order valence-electron chi connectivity index (χ1n) is 9.67. The molecule has 0 aromatic heterocycles. The summed E-state index contributed by atoms with van der Waals surface area (Å²) in [7, 11) is 0. The zero-order chi connectivity index (χ0) is 15.8. The molecule has 0 N–H and O–H groups in total. The minimum absolute atomic E-state index is 0.498. The summed E-state index contributed by atoms with van der Waals surface area (Å²) in [5, 5.41) is 0. The van der Waals surface area contributed by atoms with Crippen molar-refractivity contribution in [1.82, 2.24) is 0 Å². The van der Waals surface area contributed by atoms with E-state index < -0.39 is 0 Å². The Hall–Kier alpha value is -0.520. The molecule has 0 aliphatic heterocycles. The Balaban J connectivity index is 1.70. The Kier molecular flexibility index (Phi) is 3.09. The first-order chi connectivity index (χ1) is 10.3. The van der Waals surface area contributed by atoms with E-state index in [1.54, 1.807) is 5.57 Å². The van der Waals surface area contributed by atoms with Crippen molar-refractivity contribution in [3.8, 4) is 0 Å². The number of hydrogen-bond acceptors (Lipinski definition) is 0. The second kappa shape index (κ2) is 4.52. The largest absolute Gasteiger partial charge is 0.0958 e. The molecule has 122 valence electrons. The first kappa shape index (κ1) is 15.0. The van der Waals surface area contributed by atoms with Crippen LogP contribution in [0.15, 0.2) is 23.8 Å². The standard InChI is InChI=1S/C22H34/c1-15-8-12-21(4)16(14-15)6-7-17-18(21)10-13-22(5)19(17)9-11-20(22,2)3/h14,17-19H,1,6-13H2,2-5H3. The molecule has 0 amide bonds. The van der Waals surface area contributed by atoms with Crippen LogP contribution < -0.4 is 0 Å². The normalized spacial score (nSPS) is 49.9. The summed E-state index contributed by atoms with van der Waals surface area (Å²) in [6.45, 7) is 14.6. The maximum absolute atomic E-state index is 4.25. The number of rotatable bonds is 0. The molecule has 0 aromatic carbocycles. The third-order valence-corrected chi connectivity index (χ3v) is 9.10. The summed E-state index contributed by atoms with van der Waals surface area (Å²) in [6, 6.07) is 0. The fraction of sp³-hybridized carbons (Fsp3) is 0.818. The summed E-state index contributed by atoms with van der Waals surface area (Å²) in [6.07, 6.45) is 13.8. The average Bonchev–Trinajstić information content (AvgIpc) is 2.70. The van der Waals surface area contributed by atoms with Gasteiger partial charge in [-0.2, -0.15) is 0 Å². The molecule has 4 aliphatic rings. The van der Waals surface area contributed by atoms with E-state index >= 15 is 0 Å². The van der Waals surface area contributed by atoms with Gasteiger partial charge in [0.15, 0.2) is 0 Å². The summed E-state index contributed by atoms with van der Waals surface area (Å²) in [4.78, 5) is 0. The van der Waals surface area contributed by atoms with Gasteiger partial charge in [0.05, 0.1) is 0 Å². The minimum atomic E-state index is 0.498. The van der Waals surface area contributed by atoms with Crippen LogP contribution in [0.3, 0.4) is 0 Å². The predicted octanol–water partition coefficient (Wildman–Crippen LogP) is 6.53. The van der Waals surface area contributed by atoms with Crippen LogP contribution in [0.4, 0.5) is 0 Å². The zero-order valence-corrected chi connectivity index (χ0v) is 15.2. The molecule has 0 heteroatoms. The molecular formula is C22H34. The minimum Gasteiger partial charge on any atom is -0.0958 e. The van der Waals surface area contributed by atoms with E-state index in [9.17, 15) is 0 Å². The molecule has 4 aliphatic carbocycles. The van der Waals surface area contributed by atoms with Gasteiger partial charge in [-0.25, -0.2) is 0 Å². The Morgan fingerprint density at radius 1 is 0.909 bits per heavy atom. The van der Waals surface area contributed by atoms with Gasteiger partial charge in [-0.3, -0.25) is 0 Å². The van der Waals surface area contributed by atoms with E-state index in [0.29, 0.717) is 16.2 Å². The van der Waals surface area contributed by atoms with Crippen LogP contribution in [-0.2, 0) is 0 Å².